The number of esters is 1. The van der Waals surface area contributed by atoms with Gasteiger partial charge in [-0.2, -0.15) is 0 Å². The predicted octanol–water partition coefficient (Wildman–Crippen LogP) is 0.683. The number of urea groups is 1. The first-order valence-electron chi connectivity index (χ1n) is 7.72. The molecule has 2 rings (SSSR count). The third-order valence-electron chi connectivity index (χ3n) is 3.66. The van der Waals surface area contributed by atoms with Crippen LogP contribution in [0.1, 0.15) is 18.5 Å². The van der Waals surface area contributed by atoms with Gasteiger partial charge in [-0.05, 0) is 12.5 Å². The van der Waals surface area contributed by atoms with E-state index in [-0.39, 0.29) is 24.1 Å². The summed E-state index contributed by atoms with van der Waals surface area (Å²) < 4.78 is 5.16. The number of hydrogen-bond acceptors (Lipinski definition) is 6. The van der Waals surface area contributed by atoms with Crippen LogP contribution >= 0.6 is 11.8 Å². The van der Waals surface area contributed by atoms with Gasteiger partial charge in [0, 0.05) is 24.3 Å². The Morgan fingerprint density at radius 2 is 2.00 bits per heavy atom. The first-order chi connectivity index (χ1) is 12.0. The molecule has 0 unspecified atom stereocenters. The normalized spacial score (nSPS) is 17.3. The minimum absolute atomic E-state index is 0.176. The fraction of sp³-hybridized carbons (Fsp3) is 0.353. The zero-order valence-electron chi connectivity index (χ0n) is 14.0. The number of carboxylic acids is 1. The van der Waals surface area contributed by atoms with Crippen molar-refractivity contribution in [3.63, 3.8) is 0 Å². The highest BCUT2D eigenvalue weighted by molar-refractivity contribution is 8.00. The number of nitrogens with zero attached hydrogens (tertiary/aromatic N) is 1. The van der Waals surface area contributed by atoms with Gasteiger partial charge in [-0.3, -0.25) is 4.90 Å². The van der Waals surface area contributed by atoms with Crippen molar-refractivity contribution in [1.82, 2.24) is 10.2 Å². The molecular weight excluding hydrogens is 344 g/mol. The van der Waals surface area contributed by atoms with Gasteiger partial charge in [-0.1, -0.05) is 30.3 Å². The molecule has 1 aromatic rings. The number of carbonyl (C=O) groups excluding carboxylic acids is 3. The molecular formula is C17H19N2O5S-. The lowest BCUT2D eigenvalue weighted by molar-refractivity contribution is -0.301. The summed E-state index contributed by atoms with van der Waals surface area (Å²) in [7, 11) is 1.53. The zero-order chi connectivity index (χ0) is 18.4. The minimum atomic E-state index is -1.20. The molecule has 1 atom stereocenters. The largest absolute Gasteiger partial charge is 0.549 e. The number of hydrogen-bond donors (Lipinski definition) is 1. The minimum Gasteiger partial charge on any atom is -0.549 e. The number of amides is 2. The summed E-state index contributed by atoms with van der Waals surface area (Å²) in [6, 6.07) is 8.06. The van der Waals surface area contributed by atoms with Crippen molar-refractivity contribution >= 4 is 29.7 Å². The van der Waals surface area contributed by atoms with Gasteiger partial charge in [0.15, 0.2) is 0 Å². The quantitative estimate of drug-likeness (QED) is 0.716. The molecule has 2 amide bonds. The van der Waals surface area contributed by atoms with Gasteiger partial charge in [0.05, 0.1) is 24.2 Å². The second kappa shape index (κ2) is 8.57. The van der Waals surface area contributed by atoms with Crippen LogP contribution in [0.4, 0.5) is 4.79 Å². The Kier molecular flexibility index (Phi) is 6.46. The zero-order valence-corrected chi connectivity index (χ0v) is 14.8. The molecule has 0 aromatic heterocycles. The van der Waals surface area contributed by atoms with E-state index in [1.807, 2.05) is 18.2 Å². The van der Waals surface area contributed by atoms with Gasteiger partial charge < -0.3 is 20.0 Å². The average molecular weight is 363 g/mol. The van der Waals surface area contributed by atoms with Crippen molar-refractivity contribution in [2.45, 2.75) is 13.0 Å². The highest BCUT2D eigenvalue weighted by atomic mass is 32.2. The highest BCUT2D eigenvalue weighted by Crippen LogP contribution is 2.32. The summed E-state index contributed by atoms with van der Waals surface area (Å²) in [4.78, 5) is 36.8. The van der Waals surface area contributed by atoms with Crippen LogP contribution in [0, 0.1) is 0 Å². The van der Waals surface area contributed by atoms with Crippen LogP contribution in [0.25, 0.3) is 0 Å². The number of nitrogens with one attached hydrogen (secondary N) is 1. The fourth-order valence-corrected chi connectivity index (χ4v) is 3.32. The van der Waals surface area contributed by atoms with Crippen LogP contribution in [0.5, 0.6) is 0 Å². The maximum absolute atomic E-state index is 12.5. The molecule has 0 saturated carbocycles. The SMILES string of the molecule is CCOC(=O)C1=C(CSCC(=O)[O-])N(C)C(=O)N[C@H]1c1ccccc1. The predicted molar refractivity (Wildman–Crippen MR) is 91.5 cm³/mol. The van der Waals surface area contributed by atoms with E-state index in [0.29, 0.717) is 11.3 Å². The third kappa shape index (κ3) is 4.54. The number of ether oxygens (including phenoxy) is 1. The summed E-state index contributed by atoms with van der Waals surface area (Å²) in [6.45, 7) is 1.90. The summed E-state index contributed by atoms with van der Waals surface area (Å²) >= 11 is 1.06. The van der Waals surface area contributed by atoms with Crippen LogP contribution < -0.4 is 10.4 Å². The Labute approximate surface area is 150 Å². The van der Waals surface area contributed by atoms with E-state index >= 15 is 0 Å². The molecule has 8 heteroatoms. The van der Waals surface area contributed by atoms with Crippen LogP contribution in [0.3, 0.4) is 0 Å². The molecule has 0 radical (unpaired) electrons. The molecule has 1 heterocycles. The van der Waals surface area contributed by atoms with Gasteiger partial charge in [-0.15, -0.1) is 11.8 Å². The maximum Gasteiger partial charge on any atom is 0.338 e. The first kappa shape index (κ1) is 18.9. The molecule has 0 bridgehead atoms. The fourth-order valence-electron chi connectivity index (χ4n) is 2.51. The lowest BCUT2D eigenvalue weighted by Crippen LogP contribution is -2.47. The summed E-state index contributed by atoms with van der Waals surface area (Å²) in [5, 5.41) is 13.4. The molecule has 0 fully saturated rings. The molecule has 1 aliphatic heterocycles. The van der Waals surface area contributed by atoms with Gasteiger partial charge in [0.1, 0.15) is 0 Å². The molecule has 1 aromatic carbocycles. The molecule has 0 aliphatic carbocycles. The number of benzene rings is 1. The number of thioether (sulfide) groups is 1. The van der Waals surface area contributed by atoms with Crippen LogP contribution in [0.2, 0.25) is 0 Å². The molecule has 0 saturated heterocycles. The monoisotopic (exact) mass is 363 g/mol. The molecule has 1 N–H and O–H groups in total. The molecule has 25 heavy (non-hydrogen) atoms. The average Bonchev–Trinajstić information content (AvgIpc) is 2.59. The van der Waals surface area contributed by atoms with Crippen molar-refractivity contribution in [3.05, 3.63) is 47.2 Å². The summed E-state index contributed by atoms with van der Waals surface area (Å²) in [5.74, 6) is -1.79. The highest BCUT2D eigenvalue weighted by Gasteiger charge is 2.36. The van der Waals surface area contributed by atoms with E-state index in [2.05, 4.69) is 5.32 Å². The molecule has 1 aliphatic rings. The van der Waals surface area contributed by atoms with Gasteiger partial charge in [0.25, 0.3) is 0 Å². The summed E-state index contributed by atoms with van der Waals surface area (Å²) in [6.07, 6.45) is 0. The van der Waals surface area contributed by atoms with E-state index in [9.17, 15) is 19.5 Å². The van der Waals surface area contributed by atoms with Crippen LogP contribution in [0.15, 0.2) is 41.6 Å². The number of rotatable bonds is 7. The maximum atomic E-state index is 12.5. The lowest BCUT2D eigenvalue weighted by Gasteiger charge is -2.34. The van der Waals surface area contributed by atoms with Crippen molar-refractivity contribution in [3.8, 4) is 0 Å². The number of carbonyl (C=O) groups is 3. The lowest BCUT2D eigenvalue weighted by atomic mass is 9.95. The second-order valence-corrected chi connectivity index (χ2v) is 6.28. The third-order valence-corrected chi connectivity index (χ3v) is 4.58. The Morgan fingerprint density at radius 1 is 1.32 bits per heavy atom. The van der Waals surface area contributed by atoms with Crippen molar-refractivity contribution in [2.24, 2.45) is 0 Å². The Hall–Kier alpha value is -2.48. The van der Waals surface area contributed by atoms with E-state index in [1.54, 1.807) is 19.1 Å². The topological polar surface area (TPSA) is 98.8 Å². The van der Waals surface area contributed by atoms with Crippen molar-refractivity contribution < 1.29 is 24.2 Å². The van der Waals surface area contributed by atoms with Crippen LogP contribution in [-0.4, -0.2) is 48.0 Å². The number of carboxylic acid groups (broad SMARTS) is 1. The van der Waals surface area contributed by atoms with Gasteiger partial charge >= 0.3 is 12.0 Å². The molecule has 134 valence electrons. The van der Waals surface area contributed by atoms with Gasteiger partial charge in [-0.25, -0.2) is 9.59 Å². The number of aliphatic carboxylic acids is 1. The van der Waals surface area contributed by atoms with E-state index in [4.69, 9.17) is 4.74 Å². The Morgan fingerprint density at radius 3 is 2.60 bits per heavy atom. The Balaban J connectivity index is 2.46. The second-order valence-electron chi connectivity index (χ2n) is 5.30. The molecule has 7 nitrogen and oxygen atoms in total. The van der Waals surface area contributed by atoms with E-state index < -0.39 is 18.0 Å². The van der Waals surface area contributed by atoms with Crippen LogP contribution in [-0.2, 0) is 14.3 Å². The van der Waals surface area contributed by atoms with Crippen molar-refractivity contribution in [2.75, 3.05) is 25.2 Å². The summed E-state index contributed by atoms with van der Waals surface area (Å²) in [5.41, 5.74) is 1.48. The standard InChI is InChI=1S/C17H20N2O5S/c1-3-24-16(22)14-12(9-25-10-13(20)21)19(2)17(23)18-15(14)11-7-5-4-6-8-11/h4-8,15H,3,9-10H2,1-2H3,(H,18,23)(H,20,21)/p-1/t15-/m0/s1. The smallest absolute Gasteiger partial charge is 0.338 e. The Bertz CT molecular complexity index is 690. The first-order valence-corrected chi connectivity index (χ1v) is 8.88. The van der Waals surface area contributed by atoms with E-state index in [1.165, 1.54) is 11.9 Å². The van der Waals surface area contributed by atoms with Gasteiger partial charge in [0.2, 0.25) is 0 Å². The molecule has 0 spiro atoms. The van der Waals surface area contributed by atoms with E-state index in [0.717, 1.165) is 17.3 Å². The van der Waals surface area contributed by atoms with Crippen molar-refractivity contribution in [1.29, 1.82) is 0 Å².